The predicted molar refractivity (Wildman–Crippen MR) is 103 cm³/mol. The first-order valence-corrected chi connectivity index (χ1v) is 10.8. The number of hydrogen-bond donors (Lipinski definition) is 1. The SMILES string of the molecule is Cc1ccc(S[C@H](C)C(=O)N[C@H](C)c2ccc(S(C)(=O)=O)cc2)cc1. The summed E-state index contributed by atoms with van der Waals surface area (Å²) in [7, 11) is -3.21. The van der Waals surface area contributed by atoms with E-state index in [0.717, 1.165) is 10.5 Å². The number of benzene rings is 2. The third-order valence-corrected chi connectivity index (χ3v) is 6.11. The summed E-state index contributed by atoms with van der Waals surface area (Å²) < 4.78 is 23.0. The van der Waals surface area contributed by atoms with Crippen LogP contribution in [0.1, 0.15) is 31.0 Å². The van der Waals surface area contributed by atoms with E-state index in [1.807, 2.05) is 45.0 Å². The summed E-state index contributed by atoms with van der Waals surface area (Å²) in [6, 6.07) is 14.5. The monoisotopic (exact) mass is 377 g/mol. The predicted octanol–water partition coefficient (Wildman–Crippen LogP) is 3.76. The van der Waals surface area contributed by atoms with Gasteiger partial charge in [-0.25, -0.2) is 8.42 Å². The fraction of sp³-hybridized carbons (Fsp3) is 0.316. The van der Waals surface area contributed by atoms with Crippen molar-refractivity contribution in [3.05, 3.63) is 59.7 Å². The van der Waals surface area contributed by atoms with Crippen molar-refractivity contribution in [3.63, 3.8) is 0 Å². The summed E-state index contributed by atoms with van der Waals surface area (Å²) >= 11 is 1.51. The van der Waals surface area contributed by atoms with Gasteiger partial charge in [0.15, 0.2) is 9.84 Å². The van der Waals surface area contributed by atoms with Crippen LogP contribution in [0.3, 0.4) is 0 Å². The lowest BCUT2D eigenvalue weighted by atomic mass is 10.1. The van der Waals surface area contributed by atoms with Gasteiger partial charge in [-0.2, -0.15) is 0 Å². The standard InChI is InChI=1S/C19H23NO3S2/c1-13-5-9-17(10-6-13)24-15(3)19(21)20-14(2)16-7-11-18(12-8-16)25(4,22)23/h5-12,14-15H,1-4H3,(H,20,21)/t14-,15-/m1/s1. The molecule has 0 heterocycles. The quantitative estimate of drug-likeness (QED) is 0.779. The minimum Gasteiger partial charge on any atom is -0.349 e. The third kappa shape index (κ3) is 5.61. The van der Waals surface area contributed by atoms with Gasteiger partial charge in [-0.05, 0) is 50.6 Å². The van der Waals surface area contributed by atoms with Gasteiger partial charge in [0, 0.05) is 11.2 Å². The van der Waals surface area contributed by atoms with Crippen LogP contribution < -0.4 is 5.32 Å². The Morgan fingerprint density at radius 3 is 2.08 bits per heavy atom. The highest BCUT2D eigenvalue weighted by molar-refractivity contribution is 8.00. The number of aryl methyl sites for hydroxylation is 1. The highest BCUT2D eigenvalue weighted by Crippen LogP contribution is 2.24. The zero-order valence-corrected chi connectivity index (χ0v) is 16.4. The molecule has 0 aliphatic heterocycles. The molecule has 0 bridgehead atoms. The van der Waals surface area contributed by atoms with E-state index in [-0.39, 0.29) is 22.1 Å². The van der Waals surface area contributed by atoms with Gasteiger partial charge in [0.1, 0.15) is 0 Å². The van der Waals surface area contributed by atoms with Gasteiger partial charge in [-0.1, -0.05) is 29.8 Å². The largest absolute Gasteiger partial charge is 0.349 e. The molecule has 25 heavy (non-hydrogen) atoms. The molecule has 6 heteroatoms. The van der Waals surface area contributed by atoms with Gasteiger partial charge >= 0.3 is 0 Å². The van der Waals surface area contributed by atoms with Gasteiger partial charge in [-0.15, -0.1) is 11.8 Å². The Morgan fingerprint density at radius 1 is 1.00 bits per heavy atom. The van der Waals surface area contributed by atoms with E-state index in [4.69, 9.17) is 0 Å². The van der Waals surface area contributed by atoms with Crippen molar-refractivity contribution in [2.75, 3.05) is 6.26 Å². The lowest BCUT2D eigenvalue weighted by Gasteiger charge is -2.18. The van der Waals surface area contributed by atoms with Gasteiger partial charge in [0.05, 0.1) is 16.2 Å². The lowest BCUT2D eigenvalue weighted by Crippen LogP contribution is -2.33. The molecule has 2 atom stereocenters. The van der Waals surface area contributed by atoms with Crippen LogP contribution in [0, 0.1) is 6.92 Å². The van der Waals surface area contributed by atoms with Gasteiger partial charge < -0.3 is 5.32 Å². The van der Waals surface area contributed by atoms with E-state index in [1.54, 1.807) is 24.3 Å². The van der Waals surface area contributed by atoms with Crippen LogP contribution in [0.25, 0.3) is 0 Å². The Bertz CT molecular complexity index is 828. The Labute approximate surface area is 154 Å². The molecular weight excluding hydrogens is 354 g/mol. The number of sulfone groups is 1. The topological polar surface area (TPSA) is 63.2 Å². The Balaban J connectivity index is 1.97. The highest BCUT2D eigenvalue weighted by atomic mass is 32.2. The van der Waals surface area contributed by atoms with Crippen LogP contribution in [0.15, 0.2) is 58.3 Å². The average Bonchev–Trinajstić information content (AvgIpc) is 2.56. The molecule has 0 saturated carbocycles. The zero-order valence-electron chi connectivity index (χ0n) is 14.8. The van der Waals surface area contributed by atoms with Gasteiger partial charge in [0.25, 0.3) is 0 Å². The highest BCUT2D eigenvalue weighted by Gasteiger charge is 2.17. The first kappa shape index (κ1) is 19.5. The van der Waals surface area contributed by atoms with Crippen LogP contribution in [0.5, 0.6) is 0 Å². The smallest absolute Gasteiger partial charge is 0.233 e. The van der Waals surface area contributed by atoms with Crippen molar-refractivity contribution in [1.82, 2.24) is 5.32 Å². The molecule has 1 N–H and O–H groups in total. The van der Waals surface area contributed by atoms with Crippen LogP contribution in [-0.2, 0) is 14.6 Å². The maximum absolute atomic E-state index is 12.4. The first-order chi connectivity index (χ1) is 11.7. The van der Waals surface area contributed by atoms with Crippen LogP contribution >= 0.6 is 11.8 Å². The molecule has 0 aromatic heterocycles. The zero-order chi connectivity index (χ0) is 18.6. The van der Waals surface area contributed by atoms with E-state index < -0.39 is 9.84 Å². The van der Waals surface area contributed by atoms with Crippen molar-refractivity contribution >= 4 is 27.5 Å². The molecule has 0 saturated heterocycles. The number of thioether (sulfide) groups is 1. The second-order valence-electron chi connectivity index (χ2n) is 6.14. The molecule has 0 fully saturated rings. The molecule has 0 aliphatic carbocycles. The number of nitrogens with one attached hydrogen (secondary N) is 1. The average molecular weight is 378 g/mol. The Hall–Kier alpha value is -1.79. The Kier molecular flexibility index (Phi) is 6.30. The van der Waals surface area contributed by atoms with E-state index in [9.17, 15) is 13.2 Å². The van der Waals surface area contributed by atoms with E-state index >= 15 is 0 Å². The number of rotatable bonds is 6. The van der Waals surface area contributed by atoms with E-state index in [2.05, 4.69) is 5.32 Å². The molecule has 2 aromatic rings. The van der Waals surface area contributed by atoms with Crippen LogP contribution in [-0.4, -0.2) is 25.8 Å². The molecule has 0 unspecified atom stereocenters. The molecule has 0 aliphatic rings. The number of amides is 1. The second-order valence-corrected chi connectivity index (χ2v) is 9.57. The third-order valence-electron chi connectivity index (χ3n) is 3.87. The van der Waals surface area contributed by atoms with Gasteiger partial charge in [0.2, 0.25) is 5.91 Å². The molecule has 0 spiro atoms. The van der Waals surface area contributed by atoms with E-state index in [1.165, 1.54) is 23.6 Å². The summed E-state index contributed by atoms with van der Waals surface area (Å²) in [5.74, 6) is -0.0507. The number of carbonyl (C=O) groups is 1. The fourth-order valence-electron chi connectivity index (χ4n) is 2.29. The van der Waals surface area contributed by atoms with Crippen molar-refractivity contribution in [2.45, 2.75) is 41.9 Å². The lowest BCUT2D eigenvalue weighted by molar-refractivity contribution is -0.120. The number of carbonyl (C=O) groups excluding carboxylic acids is 1. The first-order valence-electron chi connectivity index (χ1n) is 8.00. The minimum atomic E-state index is -3.21. The second kappa shape index (κ2) is 8.06. The summed E-state index contributed by atoms with van der Waals surface area (Å²) in [6.07, 6.45) is 1.18. The fourth-order valence-corrected chi connectivity index (χ4v) is 3.80. The summed E-state index contributed by atoms with van der Waals surface area (Å²) in [5, 5.41) is 2.75. The molecule has 4 nitrogen and oxygen atoms in total. The molecule has 2 rings (SSSR count). The summed E-state index contributed by atoms with van der Waals surface area (Å²) in [6.45, 7) is 5.79. The van der Waals surface area contributed by atoms with Crippen molar-refractivity contribution in [1.29, 1.82) is 0 Å². The minimum absolute atomic E-state index is 0.0507. The van der Waals surface area contributed by atoms with Crippen molar-refractivity contribution in [2.24, 2.45) is 0 Å². The maximum Gasteiger partial charge on any atom is 0.233 e. The molecule has 0 radical (unpaired) electrons. The Morgan fingerprint density at radius 2 is 1.56 bits per heavy atom. The normalized spacial score (nSPS) is 13.9. The maximum atomic E-state index is 12.4. The van der Waals surface area contributed by atoms with E-state index in [0.29, 0.717) is 0 Å². The summed E-state index contributed by atoms with van der Waals surface area (Å²) in [5.41, 5.74) is 2.06. The molecular formula is C19H23NO3S2. The van der Waals surface area contributed by atoms with Crippen molar-refractivity contribution in [3.8, 4) is 0 Å². The molecule has 1 amide bonds. The van der Waals surface area contributed by atoms with Crippen LogP contribution in [0.2, 0.25) is 0 Å². The molecule has 134 valence electrons. The van der Waals surface area contributed by atoms with Crippen molar-refractivity contribution < 1.29 is 13.2 Å². The number of hydrogen-bond acceptors (Lipinski definition) is 4. The van der Waals surface area contributed by atoms with Crippen LogP contribution in [0.4, 0.5) is 0 Å². The molecule has 2 aromatic carbocycles. The van der Waals surface area contributed by atoms with Gasteiger partial charge in [-0.3, -0.25) is 4.79 Å². The summed E-state index contributed by atoms with van der Waals surface area (Å²) in [4.78, 5) is 13.7.